The van der Waals surface area contributed by atoms with Crippen LogP contribution in [0.3, 0.4) is 0 Å². The maximum absolute atomic E-state index is 12.5. The SMILES string of the molecule is CCc1nc(SCC(=O)Nc2ccccc2C(=O)OC)c(C#N)c2c1CCCC2. The summed E-state index contributed by atoms with van der Waals surface area (Å²) in [5, 5.41) is 13.1. The molecular formula is C22H23N3O3S. The van der Waals surface area contributed by atoms with E-state index in [-0.39, 0.29) is 11.7 Å². The number of benzene rings is 1. The molecule has 0 radical (unpaired) electrons. The normalized spacial score (nSPS) is 12.6. The number of carbonyl (C=O) groups is 2. The molecule has 0 fully saturated rings. The number of nitrogens with one attached hydrogen (secondary N) is 1. The molecule has 6 nitrogen and oxygen atoms in total. The second kappa shape index (κ2) is 9.57. The van der Waals surface area contributed by atoms with E-state index in [4.69, 9.17) is 9.72 Å². The maximum Gasteiger partial charge on any atom is 0.339 e. The smallest absolute Gasteiger partial charge is 0.339 e. The third kappa shape index (κ3) is 4.60. The van der Waals surface area contributed by atoms with Gasteiger partial charge in [-0.05, 0) is 55.4 Å². The number of nitriles is 1. The number of para-hydroxylation sites is 1. The number of anilines is 1. The Balaban J connectivity index is 1.78. The molecule has 7 heteroatoms. The predicted molar refractivity (Wildman–Crippen MR) is 112 cm³/mol. The average Bonchev–Trinajstić information content (AvgIpc) is 2.76. The molecule has 150 valence electrons. The van der Waals surface area contributed by atoms with Crippen LogP contribution < -0.4 is 5.32 Å². The number of fused-ring (bicyclic) bond motifs is 1. The number of aromatic nitrogens is 1. The molecule has 0 bridgehead atoms. The van der Waals surface area contributed by atoms with Crippen LogP contribution in [0.5, 0.6) is 0 Å². The molecule has 29 heavy (non-hydrogen) atoms. The molecule has 2 aromatic rings. The first-order chi connectivity index (χ1) is 14.1. The van der Waals surface area contributed by atoms with Gasteiger partial charge in [0.1, 0.15) is 11.1 Å². The van der Waals surface area contributed by atoms with Crippen molar-refractivity contribution >= 4 is 29.3 Å². The predicted octanol–water partition coefficient (Wildman–Crippen LogP) is 3.91. The maximum atomic E-state index is 12.5. The van der Waals surface area contributed by atoms with E-state index in [0.717, 1.165) is 43.4 Å². The Morgan fingerprint density at radius 3 is 2.66 bits per heavy atom. The van der Waals surface area contributed by atoms with Crippen LogP contribution in [-0.2, 0) is 28.8 Å². The summed E-state index contributed by atoms with van der Waals surface area (Å²) in [4.78, 5) is 29.1. The third-order valence-electron chi connectivity index (χ3n) is 4.96. The van der Waals surface area contributed by atoms with Gasteiger partial charge in [0.15, 0.2) is 0 Å². The van der Waals surface area contributed by atoms with Gasteiger partial charge in [-0.2, -0.15) is 5.26 Å². The van der Waals surface area contributed by atoms with E-state index in [1.807, 2.05) is 0 Å². The van der Waals surface area contributed by atoms with Crippen LogP contribution in [0, 0.1) is 11.3 Å². The van der Waals surface area contributed by atoms with Gasteiger partial charge in [-0.3, -0.25) is 4.79 Å². The van der Waals surface area contributed by atoms with Crippen LogP contribution in [-0.4, -0.2) is 29.7 Å². The van der Waals surface area contributed by atoms with Gasteiger partial charge in [0.05, 0.1) is 29.7 Å². The molecule has 0 unspecified atom stereocenters. The molecule has 1 aliphatic rings. The number of rotatable bonds is 6. The van der Waals surface area contributed by atoms with Crippen molar-refractivity contribution < 1.29 is 14.3 Å². The summed E-state index contributed by atoms with van der Waals surface area (Å²) in [5.41, 5.74) is 4.65. The number of hydrogen-bond acceptors (Lipinski definition) is 6. The minimum atomic E-state index is -0.510. The molecule has 1 N–H and O–H groups in total. The Morgan fingerprint density at radius 1 is 1.24 bits per heavy atom. The lowest BCUT2D eigenvalue weighted by Crippen LogP contribution is -2.18. The molecule has 0 saturated carbocycles. The zero-order chi connectivity index (χ0) is 20.8. The highest BCUT2D eigenvalue weighted by atomic mass is 32.2. The topological polar surface area (TPSA) is 92.1 Å². The number of nitrogens with zero attached hydrogens (tertiary/aromatic N) is 2. The largest absolute Gasteiger partial charge is 0.465 e. The number of esters is 1. The number of methoxy groups -OCH3 is 1. The molecule has 0 aliphatic heterocycles. The summed E-state index contributed by atoms with van der Waals surface area (Å²) in [6.45, 7) is 2.06. The van der Waals surface area contributed by atoms with Gasteiger partial charge in [-0.1, -0.05) is 30.8 Å². The molecule has 0 atom stereocenters. The summed E-state index contributed by atoms with van der Waals surface area (Å²) < 4.78 is 4.75. The van der Waals surface area contributed by atoms with Crippen molar-refractivity contribution in [2.24, 2.45) is 0 Å². The number of pyridine rings is 1. The molecule has 1 aromatic carbocycles. The minimum Gasteiger partial charge on any atom is -0.465 e. The standard InChI is InChI=1S/C22H23N3O3S/c1-3-18-15-9-5-4-8-14(15)17(12-23)21(25-18)29-13-20(26)24-19-11-7-6-10-16(19)22(27)28-2/h6-7,10-11H,3-5,8-9,13H2,1-2H3,(H,24,26). The van der Waals surface area contributed by atoms with E-state index >= 15 is 0 Å². The van der Waals surface area contributed by atoms with Crippen LogP contribution in [0.1, 0.15) is 52.5 Å². The fourth-order valence-corrected chi connectivity index (χ4v) is 4.42. The van der Waals surface area contributed by atoms with Crippen LogP contribution in [0.2, 0.25) is 0 Å². The zero-order valence-electron chi connectivity index (χ0n) is 16.6. The number of ether oxygens (including phenoxy) is 1. The Kier molecular flexibility index (Phi) is 6.89. The van der Waals surface area contributed by atoms with Crippen molar-refractivity contribution in [1.82, 2.24) is 4.98 Å². The highest BCUT2D eigenvalue weighted by Crippen LogP contribution is 2.32. The molecule has 0 saturated heterocycles. The van der Waals surface area contributed by atoms with Crippen molar-refractivity contribution in [3.05, 3.63) is 52.2 Å². The van der Waals surface area contributed by atoms with E-state index in [2.05, 4.69) is 18.3 Å². The van der Waals surface area contributed by atoms with Crippen molar-refractivity contribution in [3.8, 4) is 6.07 Å². The first-order valence-electron chi connectivity index (χ1n) is 9.63. The quantitative estimate of drug-likeness (QED) is 0.574. The van der Waals surface area contributed by atoms with Crippen molar-refractivity contribution in [2.75, 3.05) is 18.2 Å². The van der Waals surface area contributed by atoms with Crippen molar-refractivity contribution in [1.29, 1.82) is 5.26 Å². The van der Waals surface area contributed by atoms with E-state index in [9.17, 15) is 14.9 Å². The first kappa shape index (κ1) is 20.9. The third-order valence-corrected chi connectivity index (χ3v) is 5.94. The summed E-state index contributed by atoms with van der Waals surface area (Å²) in [5.74, 6) is -0.684. The van der Waals surface area contributed by atoms with E-state index in [1.165, 1.54) is 24.4 Å². The van der Waals surface area contributed by atoms with Crippen LogP contribution in [0.25, 0.3) is 0 Å². The van der Waals surface area contributed by atoms with E-state index in [1.54, 1.807) is 24.3 Å². The molecule has 3 rings (SSSR count). The molecule has 0 spiro atoms. The Hall–Kier alpha value is -2.85. The molecule has 1 aliphatic carbocycles. The molecular weight excluding hydrogens is 386 g/mol. The summed E-state index contributed by atoms with van der Waals surface area (Å²) in [6.07, 6.45) is 4.86. The monoisotopic (exact) mass is 409 g/mol. The van der Waals surface area contributed by atoms with Gasteiger partial charge in [0.25, 0.3) is 0 Å². The first-order valence-corrected chi connectivity index (χ1v) is 10.6. The van der Waals surface area contributed by atoms with E-state index < -0.39 is 5.97 Å². The fraction of sp³-hybridized carbons (Fsp3) is 0.364. The second-order valence-corrected chi connectivity index (χ2v) is 7.71. The van der Waals surface area contributed by atoms with Gasteiger partial charge < -0.3 is 10.1 Å². The lowest BCUT2D eigenvalue weighted by Gasteiger charge is -2.21. The molecule has 1 amide bonds. The lowest BCUT2D eigenvalue weighted by molar-refractivity contribution is -0.113. The van der Waals surface area contributed by atoms with Gasteiger partial charge >= 0.3 is 5.97 Å². The highest BCUT2D eigenvalue weighted by Gasteiger charge is 2.22. The summed E-state index contributed by atoms with van der Waals surface area (Å²) >= 11 is 1.26. The highest BCUT2D eigenvalue weighted by molar-refractivity contribution is 8.00. The van der Waals surface area contributed by atoms with Crippen LogP contribution >= 0.6 is 11.8 Å². The Morgan fingerprint density at radius 2 is 1.97 bits per heavy atom. The Labute approximate surface area is 174 Å². The number of thioether (sulfide) groups is 1. The molecule has 1 heterocycles. The minimum absolute atomic E-state index is 0.0964. The number of hydrogen-bond donors (Lipinski definition) is 1. The van der Waals surface area contributed by atoms with Crippen LogP contribution in [0.4, 0.5) is 5.69 Å². The van der Waals surface area contributed by atoms with Gasteiger partial charge in [0, 0.05) is 5.69 Å². The average molecular weight is 410 g/mol. The van der Waals surface area contributed by atoms with E-state index in [0.29, 0.717) is 21.8 Å². The van der Waals surface area contributed by atoms with Crippen LogP contribution in [0.15, 0.2) is 29.3 Å². The van der Waals surface area contributed by atoms with Gasteiger partial charge in [-0.25, -0.2) is 9.78 Å². The zero-order valence-corrected chi connectivity index (χ0v) is 17.4. The fourth-order valence-electron chi connectivity index (χ4n) is 3.59. The number of carbonyl (C=O) groups excluding carboxylic acids is 2. The number of aryl methyl sites for hydroxylation is 1. The van der Waals surface area contributed by atoms with Crippen molar-refractivity contribution in [2.45, 2.75) is 44.1 Å². The Bertz CT molecular complexity index is 982. The van der Waals surface area contributed by atoms with Crippen molar-refractivity contribution in [3.63, 3.8) is 0 Å². The van der Waals surface area contributed by atoms with Gasteiger partial charge in [0.2, 0.25) is 5.91 Å². The lowest BCUT2D eigenvalue weighted by atomic mass is 9.87. The van der Waals surface area contributed by atoms with Gasteiger partial charge in [-0.15, -0.1) is 0 Å². The summed E-state index contributed by atoms with van der Waals surface area (Å²) in [7, 11) is 1.30. The number of amides is 1. The summed E-state index contributed by atoms with van der Waals surface area (Å²) in [6, 6.07) is 9.00. The molecule has 1 aromatic heterocycles. The second-order valence-electron chi connectivity index (χ2n) is 6.74.